The number of aryl methyl sites for hydroxylation is 1. The molecule has 2 rings (SSSR count). The zero-order valence-corrected chi connectivity index (χ0v) is 8.79. The van der Waals surface area contributed by atoms with Gasteiger partial charge in [0.1, 0.15) is 17.5 Å². The molecule has 0 aliphatic rings. The van der Waals surface area contributed by atoms with E-state index in [1.54, 1.807) is 0 Å². The van der Waals surface area contributed by atoms with Crippen LogP contribution < -0.4 is 0 Å². The second-order valence-corrected chi connectivity index (χ2v) is 3.52. The lowest BCUT2D eigenvalue weighted by Crippen LogP contribution is -1.98. The Morgan fingerprint density at radius 1 is 1.29 bits per heavy atom. The molecule has 1 heterocycles. The molecule has 88 valence electrons. The second kappa shape index (κ2) is 3.97. The number of carbonyl (C=O) groups is 1. The zero-order chi connectivity index (χ0) is 12.6. The Hall–Kier alpha value is -2.24. The highest BCUT2D eigenvalue weighted by Gasteiger charge is 2.15. The van der Waals surface area contributed by atoms with Gasteiger partial charge < -0.3 is 10.1 Å². The first-order valence-corrected chi connectivity index (χ1v) is 4.73. The average molecular weight is 238 g/mol. The second-order valence-electron chi connectivity index (χ2n) is 3.52. The van der Waals surface area contributed by atoms with Crippen LogP contribution in [0.3, 0.4) is 0 Å². The molecule has 0 radical (unpaired) electrons. The zero-order valence-electron chi connectivity index (χ0n) is 8.79. The highest BCUT2D eigenvalue weighted by molar-refractivity contribution is 5.87. The molecule has 0 unspecified atom stereocenters. The minimum absolute atomic E-state index is 0.123. The first kappa shape index (κ1) is 11.3. The van der Waals surface area contributed by atoms with E-state index in [2.05, 4.69) is 9.97 Å². The van der Waals surface area contributed by atoms with E-state index in [0.717, 1.165) is 18.2 Å². The Labute approximate surface area is 94.9 Å². The number of benzene rings is 1. The van der Waals surface area contributed by atoms with Gasteiger partial charge in [0, 0.05) is 17.3 Å². The standard InChI is InChI=1S/C11H8F2N2O2/c1-5-9(11(16)17)15-10(14-5)6-2-7(12)4-8(13)3-6/h2-4H,1H3,(H,14,15)(H,16,17). The first-order chi connectivity index (χ1) is 7.97. The Kier molecular flexibility index (Phi) is 2.63. The van der Waals surface area contributed by atoms with E-state index in [-0.39, 0.29) is 17.1 Å². The quantitative estimate of drug-likeness (QED) is 0.844. The van der Waals surface area contributed by atoms with E-state index in [0.29, 0.717) is 5.69 Å². The third-order valence-corrected chi connectivity index (χ3v) is 2.22. The van der Waals surface area contributed by atoms with Crippen LogP contribution >= 0.6 is 0 Å². The van der Waals surface area contributed by atoms with Crippen LogP contribution in [0.15, 0.2) is 18.2 Å². The fraction of sp³-hybridized carbons (Fsp3) is 0.0909. The minimum atomic E-state index is -1.19. The molecule has 1 aromatic heterocycles. The van der Waals surface area contributed by atoms with Crippen LogP contribution in [-0.2, 0) is 0 Å². The van der Waals surface area contributed by atoms with Gasteiger partial charge in [-0.05, 0) is 19.1 Å². The van der Waals surface area contributed by atoms with Crippen LogP contribution in [-0.4, -0.2) is 21.0 Å². The lowest BCUT2D eigenvalue weighted by molar-refractivity contribution is 0.0690. The number of nitrogens with zero attached hydrogens (tertiary/aromatic N) is 1. The first-order valence-electron chi connectivity index (χ1n) is 4.73. The van der Waals surface area contributed by atoms with E-state index >= 15 is 0 Å². The smallest absolute Gasteiger partial charge is 0.356 e. The molecule has 2 aromatic rings. The Morgan fingerprint density at radius 2 is 1.88 bits per heavy atom. The molecular weight excluding hydrogens is 230 g/mol. The average Bonchev–Trinajstić information content (AvgIpc) is 2.59. The number of aromatic nitrogens is 2. The molecule has 0 aliphatic carbocycles. The van der Waals surface area contributed by atoms with Crippen molar-refractivity contribution in [2.45, 2.75) is 6.92 Å². The fourth-order valence-electron chi connectivity index (χ4n) is 1.50. The van der Waals surface area contributed by atoms with Gasteiger partial charge in [0.25, 0.3) is 0 Å². The molecule has 2 N–H and O–H groups in total. The van der Waals surface area contributed by atoms with Crippen molar-refractivity contribution in [3.05, 3.63) is 41.2 Å². The van der Waals surface area contributed by atoms with Crippen molar-refractivity contribution in [2.24, 2.45) is 0 Å². The molecule has 17 heavy (non-hydrogen) atoms. The van der Waals surface area contributed by atoms with Crippen molar-refractivity contribution in [3.8, 4) is 11.4 Å². The monoisotopic (exact) mass is 238 g/mol. The maximum atomic E-state index is 13.0. The van der Waals surface area contributed by atoms with Gasteiger partial charge in [0.05, 0.1) is 0 Å². The summed E-state index contributed by atoms with van der Waals surface area (Å²) in [6.07, 6.45) is 0. The normalized spacial score (nSPS) is 10.5. The lowest BCUT2D eigenvalue weighted by Gasteiger charge is -1.97. The number of H-pyrrole nitrogens is 1. The predicted octanol–water partition coefficient (Wildman–Crippen LogP) is 2.36. The SMILES string of the molecule is Cc1[nH]c(-c2cc(F)cc(F)c2)nc1C(=O)O. The molecular formula is C11H8F2N2O2. The Morgan fingerprint density at radius 3 is 2.35 bits per heavy atom. The van der Waals surface area contributed by atoms with Gasteiger partial charge in [-0.2, -0.15) is 0 Å². The molecule has 0 aliphatic heterocycles. The third kappa shape index (κ3) is 2.15. The van der Waals surface area contributed by atoms with Gasteiger partial charge in [0.15, 0.2) is 5.69 Å². The van der Waals surface area contributed by atoms with Crippen molar-refractivity contribution in [3.63, 3.8) is 0 Å². The topological polar surface area (TPSA) is 66.0 Å². The van der Waals surface area contributed by atoms with Crippen LogP contribution in [0.1, 0.15) is 16.2 Å². The molecule has 1 aromatic carbocycles. The van der Waals surface area contributed by atoms with Crippen molar-refractivity contribution >= 4 is 5.97 Å². The number of aromatic amines is 1. The number of rotatable bonds is 2. The fourth-order valence-corrected chi connectivity index (χ4v) is 1.50. The van der Waals surface area contributed by atoms with Gasteiger partial charge in [-0.25, -0.2) is 18.6 Å². The number of aromatic carboxylic acids is 1. The van der Waals surface area contributed by atoms with Gasteiger partial charge in [-0.15, -0.1) is 0 Å². The number of nitrogens with one attached hydrogen (secondary N) is 1. The molecule has 0 spiro atoms. The van der Waals surface area contributed by atoms with Crippen LogP contribution in [0, 0.1) is 18.6 Å². The summed E-state index contributed by atoms with van der Waals surface area (Å²) in [7, 11) is 0. The largest absolute Gasteiger partial charge is 0.476 e. The van der Waals surface area contributed by atoms with Crippen LogP contribution in [0.2, 0.25) is 0 Å². The van der Waals surface area contributed by atoms with Crippen molar-refractivity contribution < 1.29 is 18.7 Å². The predicted molar refractivity (Wildman–Crippen MR) is 55.6 cm³/mol. The molecule has 0 atom stereocenters. The summed E-state index contributed by atoms with van der Waals surface area (Å²) < 4.78 is 26.0. The van der Waals surface area contributed by atoms with Gasteiger partial charge in [0.2, 0.25) is 0 Å². The summed E-state index contributed by atoms with van der Waals surface area (Å²) in [5.74, 6) is -2.56. The number of halogens is 2. The van der Waals surface area contributed by atoms with Crippen molar-refractivity contribution in [1.82, 2.24) is 9.97 Å². The van der Waals surface area contributed by atoms with E-state index in [1.807, 2.05) is 0 Å². The summed E-state index contributed by atoms with van der Waals surface area (Å²) in [6, 6.07) is 2.89. The third-order valence-electron chi connectivity index (χ3n) is 2.22. The summed E-state index contributed by atoms with van der Waals surface area (Å²) in [6.45, 7) is 1.52. The molecule has 4 nitrogen and oxygen atoms in total. The highest BCUT2D eigenvalue weighted by atomic mass is 19.1. The number of carboxylic acid groups (broad SMARTS) is 1. The molecule has 6 heteroatoms. The maximum Gasteiger partial charge on any atom is 0.356 e. The van der Waals surface area contributed by atoms with Crippen LogP contribution in [0.5, 0.6) is 0 Å². The molecule has 0 saturated carbocycles. The molecule has 0 amide bonds. The highest BCUT2D eigenvalue weighted by Crippen LogP contribution is 2.20. The summed E-state index contributed by atoms with van der Waals surface area (Å²) in [5.41, 5.74) is 0.333. The van der Waals surface area contributed by atoms with E-state index in [4.69, 9.17) is 5.11 Å². The van der Waals surface area contributed by atoms with Gasteiger partial charge in [-0.1, -0.05) is 0 Å². The van der Waals surface area contributed by atoms with Crippen molar-refractivity contribution in [2.75, 3.05) is 0 Å². The summed E-state index contributed by atoms with van der Waals surface area (Å²) in [4.78, 5) is 17.2. The lowest BCUT2D eigenvalue weighted by atomic mass is 10.2. The minimum Gasteiger partial charge on any atom is -0.476 e. The van der Waals surface area contributed by atoms with E-state index in [1.165, 1.54) is 6.92 Å². The van der Waals surface area contributed by atoms with Gasteiger partial charge >= 0.3 is 5.97 Å². The van der Waals surface area contributed by atoms with E-state index < -0.39 is 17.6 Å². The van der Waals surface area contributed by atoms with E-state index in [9.17, 15) is 13.6 Å². The van der Waals surface area contributed by atoms with Crippen LogP contribution in [0.25, 0.3) is 11.4 Å². The molecule has 0 fully saturated rings. The maximum absolute atomic E-state index is 13.0. The summed E-state index contributed by atoms with van der Waals surface area (Å²) in [5, 5.41) is 8.80. The number of hydrogen-bond acceptors (Lipinski definition) is 2. The van der Waals surface area contributed by atoms with Crippen molar-refractivity contribution in [1.29, 1.82) is 0 Å². The Balaban J connectivity index is 2.53. The number of carboxylic acids is 1. The number of hydrogen-bond donors (Lipinski definition) is 2. The number of imidazole rings is 1. The molecule has 0 saturated heterocycles. The summed E-state index contributed by atoms with van der Waals surface area (Å²) >= 11 is 0. The Bertz CT molecular complexity index is 573. The van der Waals surface area contributed by atoms with Gasteiger partial charge in [-0.3, -0.25) is 0 Å². The molecule has 0 bridgehead atoms. The van der Waals surface area contributed by atoms with Crippen LogP contribution in [0.4, 0.5) is 8.78 Å².